The van der Waals surface area contributed by atoms with Crippen LogP contribution in [0.25, 0.3) is 0 Å². The molecule has 1 aliphatic heterocycles. The van der Waals surface area contributed by atoms with Crippen molar-refractivity contribution < 1.29 is 19.1 Å². The number of carbonyl (C=O) groups excluding carboxylic acids is 3. The normalized spacial score (nSPS) is 21.9. The lowest BCUT2D eigenvalue weighted by atomic mass is 9.73. The van der Waals surface area contributed by atoms with E-state index < -0.39 is 5.97 Å². The number of ether oxygens (including phenoxy) is 1. The van der Waals surface area contributed by atoms with Crippen LogP contribution in [0.15, 0.2) is 72.8 Å². The van der Waals surface area contributed by atoms with Crippen LogP contribution in [0.1, 0.15) is 52.2 Å². The maximum atomic E-state index is 13.4. The average Bonchev–Trinajstić information content (AvgIpc) is 3.11. The Balaban J connectivity index is 1.37. The molecule has 3 aromatic rings. The molecule has 2 aliphatic rings. The number of rotatable bonds is 4. The van der Waals surface area contributed by atoms with Crippen molar-refractivity contribution in [1.29, 1.82) is 0 Å². The lowest BCUT2D eigenvalue weighted by molar-refractivity contribution is -0.122. The van der Waals surface area contributed by atoms with Crippen molar-refractivity contribution in [1.82, 2.24) is 0 Å². The smallest absolute Gasteiger partial charge is 0.343 e. The highest BCUT2D eigenvalue weighted by molar-refractivity contribution is 6.22. The van der Waals surface area contributed by atoms with Crippen LogP contribution in [0.4, 0.5) is 5.69 Å². The van der Waals surface area contributed by atoms with Crippen LogP contribution < -0.4 is 9.64 Å². The molecule has 1 saturated carbocycles. The molecule has 34 heavy (non-hydrogen) atoms. The maximum Gasteiger partial charge on any atom is 0.343 e. The van der Waals surface area contributed by atoms with Gasteiger partial charge in [0.15, 0.2) is 0 Å². The predicted octanol–water partition coefficient (Wildman–Crippen LogP) is 5.60. The molecule has 3 atom stereocenters. The van der Waals surface area contributed by atoms with Crippen LogP contribution >= 0.6 is 0 Å². The number of imide groups is 1. The van der Waals surface area contributed by atoms with Crippen LogP contribution in [0.5, 0.6) is 5.75 Å². The van der Waals surface area contributed by atoms with Crippen molar-refractivity contribution in [2.75, 3.05) is 4.90 Å². The Hall–Kier alpha value is -3.73. The topological polar surface area (TPSA) is 63.7 Å². The zero-order chi connectivity index (χ0) is 23.8. The summed E-state index contributed by atoms with van der Waals surface area (Å²) < 4.78 is 5.61. The number of aryl methyl sites for hydroxylation is 2. The van der Waals surface area contributed by atoms with Gasteiger partial charge in [-0.25, -0.2) is 4.79 Å². The van der Waals surface area contributed by atoms with Crippen molar-refractivity contribution in [2.24, 2.45) is 11.8 Å². The third-order valence-corrected chi connectivity index (χ3v) is 7.08. The fourth-order valence-electron chi connectivity index (χ4n) is 5.21. The summed E-state index contributed by atoms with van der Waals surface area (Å²) in [5.74, 6) is -0.691. The van der Waals surface area contributed by atoms with E-state index in [2.05, 4.69) is 12.1 Å². The number of hydrogen-bond acceptors (Lipinski definition) is 4. The van der Waals surface area contributed by atoms with E-state index in [1.165, 1.54) is 10.5 Å². The molecular formula is C29H27NO4. The Labute approximate surface area is 199 Å². The van der Waals surface area contributed by atoms with Gasteiger partial charge in [-0.3, -0.25) is 14.5 Å². The molecule has 0 radical (unpaired) electrons. The second kappa shape index (κ2) is 8.90. The van der Waals surface area contributed by atoms with Gasteiger partial charge >= 0.3 is 5.97 Å². The minimum absolute atomic E-state index is 0.165. The highest BCUT2D eigenvalue weighted by atomic mass is 16.5. The Morgan fingerprint density at radius 1 is 0.853 bits per heavy atom. The summed E-state index contributed by atoms with van der Waals surface area (Å²) >= 11 is 0. The van der Waals surface area contributed by atoms with Crippen molar-refractivity contribution >= 4 is 23.5 Å². The van der Waals surface area contributed by atoms with Crippen molar-refractivity contribution in [3.05, 3.63) is 95.1 Å². The molecule has 0 N–H and O–H groups in total. The molecule has 5 nitrogen and oxygen atoms in total. The van der Waals surface area contributed by atoms with Gasteiger partial charge in [-0.05, 0) is 80.0 Å². The summed E-state index contributed by atoms with van der Waals surface area (Å²) in [6.45, 7) is 3.81. The second-order valence-electron chi connectivity index (χ2n) is 9.35. The Bertz CT molecular complexity index is 1270. The van der Waals surface area contributed by atoms with Crippen molar-refractivity contribution in [3.63, 3.8) is 0 Å². The first kappa shape index (κ1) is 22.1. The van der Waals surface area contributed by atoms with E-state index in [-0.39, 0.29) is 29.6 Å². The average molecular weight is 454 g/mol. The van der Waals surface area contributed by atoms with Crippen LogP contribution in [-0.2, 0) is 9.59 Å². The van der Waals surface area contributed by atoms with Crippen LogP contribution in [0.2, 0.25) is 0 Å². The van der Waals surface area contributed by atoms with Gasteiger partial charge in [0.25, 0.3) is 0 Å². The predicted molar refractivity (Wildman–Crippen MR) is 130 cm³/mol. The second-order valence-corrected chi connectivity index (χ2v) is 9.35. The molecule has 2 amide bonds. The van der Waals surface area contributed by atoms with E-state index in [0.29, 0.717) is 29.8 Å². The summed E-state index contributed by atoms with van der Waals surface area (Å²) in [5, 5.41) is 0. The molecule has 0 aromatic heterocycles. The number of carbonyl (C=O) groups is 3. The summed E-state index contributed by atoms with van der Waals surface area (Å²) in [7, 11) is 0. The highest BCUT2D eigenvalue weighted by Crippen LogP contribution is 2.45. The molecule has 5 rings (SSSR count). The van der Waals surface area contributed by atoms with Gasteiger partial charge in [-0.2, -0.15) is 0 Å². The standard InChI is InChI=1S/C29H27NO4/c1-18-11-12-19(2)26(15-18)34-29(33)22-9-6-10-23(16-22)30-27(31)24-14-13-21(17-25(24)28(30)32)20-7-4-3-5-8-20/h3-12,15-16,21,24-25H,13-14,17H2,1-2H3/t21-,24+,25-/m0/s1. The Kier molecular flexibility index (Phi) is 5.78. The number of hydrogen-bond donors (Lipinski definition) is 0. The summed E-state index contributed by atoms with van der Waals surface area (Å²) in [6.07, 6.45) is 2.25. The molecule has 2 fully saturated rings. The Morgan fingerprint density at radius 2 is 1.62 bits per heavy atom. The third kappa shape index (κ3) is 4.03. The minimum Gasteiger partial charge on any atom is -0.423 e. The fourth-order valence-corrected chi connectivity index (χ4v) is 5.21. The van der Waals surface area contributed by atoms with Crippen LogP contribution in [0, 0.1) is 25.7 Å². The molecule has 0 bridgehead atoms. The van der Waals surface area contributed by atoms with Gasteiger partial charge in [0.2, 0.25) is 11.8 Å². The monoisotopic (exact) mass is 453 g/mol. The molecule has 1 saturated heterocycles. The van der Waals surface area contributed by atoms with E-state index in [1.807, 2.05) is 50.2 Å². The zero-order valence-corrected chi connectivity index (χ0v) is 19.4. The largest absolute Gasteiger partial charge is 0.423 e. The van der Waals surface area contributed by atoms with Crippen molar-refractivity contribution in [3.8, 4) is 5.75 Å². The molecule has 1 heterocycles. The van der Waals surface area contributed by atoms with Gasteiger partial charge in [0.05, 0.1) is 23.1 Å². The van der Waals surface area contributed by atoms with E-state index >= 15 is 0 Å². The molecule has 0 spiro atoms. The first-order valence-corrected chi connectivity index (χ1v) is 11.7. The highest BCUT2D eigenvalue weighted by Gasteiger charge is 2.50. The van der Waals surface area contributed by atoms with E-state index in [0.717, 1.165) is 17.5 Å². The molecule has 3 aromatic carbocycles. The summed E-state index contributed by atoms with van der Waals surface area (Å²) in [4.78, 5) is 40.7. The van der Waals surface area contributed by atoms with Crippen LogP contribution in [0.3, 0.4) is 0 Å². The summed E-state index contributed by atoms with van der Waals surface area (Å²) in [5.41, 5.74) is 3.80. The number of esters is 1. The number of nitrogens with zero attached hydrogens (tertiary/aromatic N) is 1. The molecule has 172 valence electrons. The molecule has 1 aliphatic carbocycles. The lowest BCUT2D eigenvalue weighted by Crippen LogP contribution is -2.31. The molecule has 5 heteroatoms. The number of fused-ring (bicyclic) bond motifs is 1. The number of anilines is 1. The SMILES string of the molecule is Cc1ccc(C)c(OC(=O)c2cccc(N3C(=O)[C@H]4C[C@@H](c5ccccc5)CC[C@H]4C3=O)c2)c1. The van der Waals surface area contributed by atoms with Gasteiger partial charge in [-0.15, -0.1) is 0 Å². The van der Waals surface area contributed by atoms with E-state index in [1.54, 1.807) is 24.3 Å². The Morgan fingerprint density at radius 3 is 2.41 bits per heavy atom. The fraction of sp³-hybridized carbons (Fsp3) is 0.276. The van der Waals surface area contributed by atoms with Gasteiger partial charge in [0, 0.05) is 0 Å². The quantitative estimate of drug-likeness (QED) is 0.293. The first-order chi connectivity index (χ1) is 16.4. The lowest BCUT2D eigenvalue weighted by Gasteiger charge is -2.28. The third-order valence-electron chi connectivity index (χ3n) is 7.08. The summed E-state index contributed by atoms with van der Waals surface area (Å²) in [6, 6.07) is 22.5. The van der Waals surface area contributed by atoms with Crippen LogP contribution in [-0.4, -0.2) is 17.8 Å². The molecular weight excluding hydrogens is 426 g/mol. The first-order valence-electron chi connectivity index (χ1n) is 11.7. The van der Waals surface area contributed by atoms with E-state index in [9.17, 15) is 14.4 Å². The maximum absolute atomic E-state index is 13.4. The van der Waals surface area contributed by atoms with Crippen molar-refractivity contribution in [2.45, 2.75) is 39.0 Å². The minimum atomic E-state index is -0.517. The molecule has 0 unspecified atom stereocenters. The van der Waals surface area contributed by atoms with Gasteiger partial charge in [-0.1, -0.05) is 48.5 Å². The zero-order valence-electron chi connectivity index (χ0n) is 19.4. The number of amides is 2. The van der Waals surface area contributed by atoms with E-state index in [4.69, 9.17) is 4.74 Å². The van der Waals surface area contributed by atoms with Gasteiger partial charge in [0.1, 0.15) is 5.75 Å². The number of benzene rings is 3. The van der Waals surface area contributed by atoms with Gasteiger partial charge < -0.3 is 4.74 Å².